The molecule has 0 spiro atoms. The summed E-state index contributed by atoms with van der Waals surface area (Å²) in [6, 6.07) is 8.93. The lowest BCUT2D eigenvalue weighted by molar-refractivity contribution is 0.0697. The first-order chi connectivity index (χ1) is 8.68. The average molecular weight is 260 g/mol. The van der Waals surface area contributed by atoms with Gasteiger partial charge < -0.3 is 10.8 Å². The first-order valence-corrected chi connectivity index (χ1v) is 6.30. The maximum absolute atomic E-state index is 11.2. The van der Waals surface area contributed by atoms with Crippen LogP contribution in [-0.2, 0) is 5.75 Å². The number of pyridine rings is 1. The molecule has 5 heteroatoms. The number of carbonyl (C=O) groups is 1. The first-order valence-electron chi connectivity index (χ1n) is 5.32. The maximum Gasteiger partial charge on any atom is 0.338 e. The Morgan fingerprint density at radius 3 is 2.67 bits per heavy atom. The molecule has 1 aromatic heterocycles. The fourth-order valence-corrected chi connectivity index (χ4v) is 2.47. The third-order valence-corrected chi connectivity index (χ3v) is 3.50. The lowest BCUT2D eigenvalue weighted by Gasteiger charge is -2.08. The van der Waals surface area contributed by atoms with Crippen LogP contribution < -0.4 is 5.73 Å². The Morgan fingerprint density at radius 2 is 2.00 bits per heavy atom. The van der Waals surface area contributed by atoms with Gasteiger partial charge >= 0.3 is 5.97 Å². The van der Waals surface area contributed by atoms with Gasteiger partial charge in [-0.05, 0) is 23.8 Å². The van der Waals surface area contributed by atoms with E-state index in [1.807, 2.05) is 12.1 Å². The van der Waals surface area contributed by atoms with E-state index in [1.165, 1.54) is 0 Å². The molecule has 0 aliphatic carbocycles. The Hall–Kier alpha value is -2.01. The molecule has 2 rings (SSSR count). The van der Waals surface area contributed by atoms with Crippen LogP contribution in [-0.4, -0.2) is 16.1 Å². The normalized spacial score (nSPS) is 10.2. The molecule has 1 aromatic carbocycles. The zero-order valence-electron chi connectivity index (χ0n) is 9.54. The van der Waals surface area contributed by atoms with Crippen LogP contribution in [0.1, 0.15) is 15.9 Å². The van der Waals surface area contributed by atoms with Crippen molar-refractivity contribution >= 4 is 23.4 Å². The van der Waals surface area contributed by atoms with E-state index in [4.69, 9.17) is 10.8 Å². The number of nitrogens with two attached hydrogens (primary N) is 1. The van der Waals surface area contributed by atoms with E-state index in [9.17, 15) is 4.79 Å². The molecule has 18 heavy (non-hydrogen) atoms. The number of nitrogens with zero attached hydrogens (tertiary/aromatic N) is 1. The van der Waals surface area contributed by atoms with Gasteiger partial charge in [-0.3, -0.25) is 4.98 Å². The Kier molecular flexibility index (Phi) is 3.84. The Morgan fingerprint density at radius 1 is 1.28 bits per heavy atom. The predicted octanol–water partition coefficient (Wildman–Crippen LogP) is 2.65. The molecular weight excluding hydrogens is 248 g/mol. The molecule has 4 nitrogen and oxygen atoms in total. The van der Waals surface area contributed by atoms with Gasteiger partial charge in [-0.15, -0.1) is 11.8 Å². The second kappa shape index (κ2) is 5.55. The molecule has 0 unspecified atom stereocenters. The Bertz CT molecular complexity index is 558. The number of carboxylic acids is 1. The van der Waals surface area contributed by atoms with Gasteiger partial charge in [-0.1, -0.05) is 12.1 Å². The minimum atomic E-state index is -0.988. The van der Waals surface area contributed by atoms with Gasteiger partial charge in [0, 0.05) is 28.7 Å². The standard InChI is InChI=1S/C13H12N2O2S/c14-11-3-1-2-9(12(11)13(16)17)8-18-10-4-6-15-7-5-10/h1-7H,8,14H2,(H,16,17). The van der Waals surface area contributed by atoms with E-state index in [1.54, 1.807) is 42.4 Å². The van der Waals surface area contributed by atoms with Crippen molar-refractivity contribution in [2.45, 2.75) is 10.6 Å². The highest BCUT2D eigenvalue weighted by Gasteiger charge is 2.13. The van der Waals surface area contributed by atoms with E-state index in [0.717, 1.165) is 10.5 Å². The third kappa shape index (κ3) is 2.81. The molecule has 0 saturated heterocycles. The zero-order valence-corrected chi connectivity index (χ0v) is 10.4. The summed E-state index contributed by atoms with van der Waals surface area (Å²) in [7, 11) is 0. The van der Waals surface area contributed by atoms with Gasteiger partial charge in [0.1, 0.15) is 0 Å². The molecule has 0 saturated carbocycles. The zero-order chi connectivity index (χ0) is 13.0. The molecule has 0 atom stereocenters. The molecule has 0 aliphatic rings. The third-order valence-electron chi connectivity index (χ3n) is 2.44. The summed E-state index contributed by atoms with van der Waals surface area (Å²) in [6.45, 7) is 0. The van der Waals surface area contributed by atoms with Crippen molar-refractivity contribution in [3.63, 3.8) is 0 Å². The second-order valence-corrected chi connectivity index (χ2v) is 4.71. The van der Waals surface area contributed by atoms with Gasteiger partial charge in [0.25, 0.3) is 0 Å². The molecule has 0 aliphatic heterocycles. The van der Waals surface area contributed by atoms with Crippen molar-refractivity contribution in [2.75, 3.05) is 5.73 Å². The van der Waals surface area contributed by atoms with Crippen molar-refractivity contribution in [1.82, 2.24) is 4.98 Å². The summed E-state index contributed by atoms with van der Waals surface area (Å²) in [5, 5.41) is 9.14. The van der Waals surface area contributed by atoms with Gasteiger partial charge in [0.05, 0.1) is 5.56 Å². The van der Waals surface area contributed by atoms with Crippen molar-refractivity contribution < 1.29 is 9.90 Å². The number of benzene rings is 1. The van der Waals surface area contributed by atoms with E-state index < -0.39 is 5.97 Å². The Labute approximate surface area is 109 Å². The lowest BCUT2D eigenvalue weighted by Crippen LogP contribution is -2.06. The summed E-state index contributed by atoms with van der Waals surface area (Å²) in [5.41, 5.74) is 6.91. The maximum atomic E-state index is 11.2. The fraction of sp³-hybridized carbons (Fsp3) is 0.0769. The van der Waals surface area contributed by atoms with Crippen LogP contribution in [0.3, 0.4) is 0 Å². The molecule has 2 aromatic rings. The number of anilines is 1. The summed E-state index contributed by atoms with van der Waals surface area (Å²) >= 11 is 1.55. The van der Waals surface area contributed by atoms with Crippen LogP contribution >= 0.6 is 11.8 Å². The summed E-state index contributed by atoms with van der Waals surface area (Å²) < 4.78 is 0. The highest BCUT2D eigenvalue weighted by Crippen LogP contribution is 2.26. The molecule has 92 valence electrons. The van der Waals surface area contributed by atoms with Crippen LogP contribution in [0.25, 0.3) is 0 Å². The van der Waals surface area contributed by atoms with Crippen LogP contribution in [0.4, 0.5) is 5.69 Å². The molecule has 1 heterocycles. The summed E-state index contributed by atoms with van der Waals surface area (Å²) in [5.74, 6) is -0.421. The number of aromatic nitrogens is 1. The van der Waals surface area contributed by atoms with E-state index in [2.05, 4.69) is 4.98 Å². The highest BCUT2D eigenvalue weighted by atomic mass is 32.2. The molecule has 3 N–H and O–H groups in total. The smallest absolute Gasteiger partial charge is 0.338 e. The van der Waals surface area contributed by atoms with Crippen LogP contribution in [0.5, 0.6) is 0 Å². The number of aromatic carboxylic acids is 1. The SMILES string of the molecule is Nc1cccc(CSc2ccncc2)c1C(=O)O. The molecule has 0 bridgehead atoms. The number of rotatable bonds is 4. The molecule has 0 amide bonds. The van der Waals surface area contributed by atoms with Crippen LogP contribution in [0.2, 0.25) is 0 Å². The van der Waals surface area contributed by atoms with Crippen molar-refractivity contribution in [3.05, 3.63) is 53.9 Å². The molecule has 0 fully saturated rings. The number of thioether (sulfide) groups is 1. The van der Waals surface area contributed by atoms with Crippen molar-refractivity contribution in [1.29, 1.82) is 0 Å². The summed E-state index contributed by atoms with van der Waals surface area (Å²) in [4.78, 5) is 16.1. The predicted molar refractivity (Wildman–Crippen MR) is 71.6 cm³/mol. The van der Waals surface area contributed by atoms with E-state index in [0.29, 0.717) is 11.4 Å². The second-order valence-electron chi connectivity index (χ2n) is 3.66. The van der Waals surface area contributed by atoms with E-state index in [-0.39, 0.29) is 5.56 Å². The topological polar surface area (TPSA) is 76.2 Å². The van der Waals surface area contributed by atoms with Gasteiger partial charge in [-0.25, -0.2) is 4.79 Å². The van der Waals surface area contributed by atoms with Crippen molar-refractivity contribution in [3.8, 4) is 0 Å². The highest BCUT2D eigenvalue weighted by molar-refractivity contribution is 7.98. The minimum absolute atomic E-state index is 0.194. The van der Waals surface area contributed by atoms with Gasteiger partial charge in [0.2, 0.25) is 0 Å². The van der Waals surface area contributed by atoms with E-state index >= 15 is 0 Å². The van der Waals surface area contributed by atoms with Crippen LogP contribution in [0.15, 0.2) is 47.6 Å². The number of nitrogen functional groups attached to an aromatic ring is 1. The summed E-state index contributed by atoms with van der Waals surface area (Å²) in [6.07, 6.45) is 3.42. The lowest BCUT2D eigenvalue weighted by atomic mass is 10.1. The van der Waals surface area contributed by atoms with Gasteiger partial charge in [0.15, 0.2) is 0 Å². The van der Waals surface area contributed by atoms with Crippen LogP contribution in [0, 0.1) is 0 Å². The van der Waals surface area contributed by atoms with Crippen molar-refractivity contribution in [2.24, 2.45) is 0 Å². The monoisotopic (exact) mass is 260 g/mol. The fourth-order valence-electron chi connectivity index (χ4n) is 1.60. The quantitative estimate of drug-likeness (QED) is 0.653. The first kappa shape index (κ1) is 12.4. The number of hydrogen-bond donors (Lipinski definition) is 2. The Balaban J connectivity index is 2.20. The minimum Gasteiger partial charge on any atom is -0.478 e. The number of hydrogen-bond acceptors (Lipinski definition) is 4. The average Bonchev–Trinajstić information content (AvgIpc) is 2.37. The number of carboxylic acid groups (broad SMARTS) is 1. The largest absolute Gasteiger partial charge is 0.478 e. The molecular formula is C13H12N2O2S. The van der Waals surface area contributed by atoms with Gasteiger partial charge in [-0.2, -0.15) is 0 Å². The molecule has 0 radical (unpaired) electrons.